The van der Waals surface area contributed by atoms with Crippen LogP contribution in [0.5, 0.6) is 11.5 Å². The molecule has 0 bridgehead atoms. The second kappa shape index (κ2) is 7.82. The Labute approximate surface area is 135 Å². The van der Waals surface area contributed by atoms with E-state index in [1.165, 1.54) is 7.11 Å². The van der Waals surface area contributed by atoms with Crippen molar-refractivity contribution < 1.29 is 19.1 Å². The van der Waals surface area contributed by atoms with Crippen molar-refractivity contribution in [3.05, 3.63) is 18.2 Å². The van der Waals surface area contributed by atoms with E-state index in [1.54, 1.807) is 18.2 Å². The summed E-state index contributed by atoms with van der Waals surface area (Å²) in [5.74, 6) is 0.236. The van der Waals surface area contributed by atoms with E-state index in [4.69, 9.17) is 15.2 Å². The van der Waals surface area contributed by atoms with E-state index in [9.17, 15) is 9.59 Å². The molecule has 1 fully saturated rings. The number of hydrogen-bond donors (Lipinski definition) is 3. The van der Waals surface area contributed by atoms with Gasteiger partial charge in [-0.15, -0.1) is 0 Å². The van der Waals surface area contributed by atoms with Gasteiger partial charge in [0.05, 0.1) is 7.11 Å². The molecule has 0 aliphatic carbocycles. The van der Waals surface area contributed by atoms with Gasteiger partial charge in [-0.2, -0.15) is 0 Å². The second-order valence-electron chi connectivity index (χ2n) is 5.69. The number of rotatable bonds is 6. The minimum Gasteiger partial charge on any atom is -0.493 e. The molecule has 2 atom stereocenters. The Bertz CT molecular complexity index is 576. The first-order valence-corrected chi connectivity index (χ1v) is 7.63. The molecule has 1 saturated heterocycles. The van der Waals surface area contributed by atoms with Crippen LogP contribution in [0.2, 0.25) is 0 Å². The molecule has 4 N–H and O–H groups in total. The summed E-state index contributed by atoms with van der Waals surface area (Å²) >= 11 is 0. The Balaban J connectivity index is 2.05. The summed E-state index contributed by atoms with van der Waals surface area (Å²) in [5.41, 5.74) is 5.68. The topological polar surface area (TPSA) is 103 Å². The van der Waals surface area contributed by atoms with Crippen molar-refractivity contribution in [1.29, 1.82) is 0 Å². The Morgan fingerprint density at radius 2 is 2.17 bits per heavy atom. The SMILES string of the molecule is COc1ccc(NC(=O)[C@H]2CCN[C@@H](C)C2)cc1OCC(N)=O. The van der Waals surface area contributed by atoms with Crippen molar-refractivity contribution >= 4 is 17.5 Å². The van der Waals surface area contributed by atoms with Crippen LogP contribution in [0, 0.1) is 5.92 Å². The van der Waals surface area contributed by atoms with Crippen LogP contribution in [0.25, 0.3) is 0 Å². The van der Waals surface area contributed by atoms with E-state index in [-0.39, 0.29) is 18.4 Å². The van der Waals surface area contributed by atoms with Crippen LogP contribution < -0.4 is 25.8 Å². The fourth-order valence-electron chi connectivity index (χ4n) is 2.63. The fourth-order valence-corrected chi connectivity index (χ4v) is 2.63. The molecule has 0 saturated carbocycles. The number of carbonyl (C=O) groups excluding carboxylic acids is 2. The Hall–Kier alpha value is -2.28. The van der Waals surface area contributed by atoms with Gasteiger partial charge >= 0.3 is 0 Å². The van der Waals surface area contributed by atoms with Crippen molar-refractivity contribution in [3.8, 4) is 11.5 Å². The maximum Gasteiger partial charge on any atom is 0.255 e. The fraction of sp³-hybridized carbons (Fsp3) is 0.500. The lowest BCUT2D eigenvalue weighted by molar-refractivity contribution is -0.121. The van der Waals surface area contributed by atoms with Crippen molar-refractivity contribution in [2.24, 2.45) is 11.7 Å². The van der Waals surface area contributed by atoms with Gasteiger partial charge in [-0.1, -0.05) is 0 Å². The molecule has 0 spiro atoms. The lowest BCUT2D eigenvalue weighted by Gasteiger charge is -2.27. The summed E-state index contributed by atoms with van der Waals surface area (Å²) in [5, 5.41) is 6.21. The normalized spacial score (nSPS) is 20.6. The maximum atomic E-state index is 12.4. The predicted octanol–water partition coefficient (Wildman–Crippen LogP) is 0.886. The van der Waals surface area contributed by atoms with Gasteiger partial charge in [0, 0.05) is 23.7 Å². The summed E-state index contributed by atoms with van der Waals surface area (Å²) in [4.78, 5) is 23.2. The van der Waals surface area contributed by atoms with Crippen LogP contribution in [0.1, 0.15) is 19.8 Å². The molecule has 1 heterocycles. The molecular weight excluding hydrogens is 298 g/mol. The Morgan fingerprint density at radius 1 is 1.39 bits per heavy atom. The number of anilines is 1. The molecule has 7 nitrogen and oxygen atoms in total. The highest BCUT2D eigenvalue weighted by atomic mass is 16.5. The number of carbonyl (C=O) groups is 2. The third-order valence-electron chi connectivity index (χ3n) is 3.80. The van der Waals surface area contributed by atoms with Crippen molar-refractivity contribution in [3.63, 3.8) is 0 Å². The largest absolute Gasteiger partial charge is 0.493 e. The van der Waals surface area contributed by atoms with Gasteiger partial charge in [0.25, 0.3) is 5.91 Å². The summed E-state index contributed by atoms with van der Waals surface area (Å²) in [6.07, 6.45) is 1.63. The number of hydrogen-bond acceptors (Lipinski definition) is 5. The first-order valence-electron chi connectivity index (χ1n) is 7.63. The molecule has 0 radical (unpaired) electrons. The van der Waals surface area contributed by atoms with Crippen LogP contribution in [0.3, 0.4) is 0 Å². The smallest absolute Gasteiger partial charge is 0.255 e. The molecule has 2 amide bonds. The molecule has 0 unspecified atom stereocenters. The zero-order chi connectivity index (χ0) is 16.8. The van der Waals surface area contributed by atoms with E-state index >= 15 is 0 Å². The van der Waals surface area contributed by atoms with Crippen LogP contribution in [-0.4, -0.2) is 38.1 Å². The summed E-state index contributed by atoms with van der Waals surface area (Å²) in [7, 11) is 1.50. The average molecular weight is 321 g/mol. The Kier molecular flexibility index (Phi) is 5.81. The van der Waals surface area contributed by atoms with Gasteiger partial charge in [-0.05, 0) is 38.4 Å². The van der Waals surface area contributed by atoms with Crippen LogP contribution >= 0.6 is 0 Å². The molecule has 23 heavy (non-hydrogen) atoms. The predicted molar refractivity (Wildman–Crippen MR) is 86.5 cm³/mol. The summed E-state index contributed by atoms with van der Waals surface area (Å²) in [6, 6.07) is 5.38. The van der Waals surface area contributed by atoms with Crippen LogP contribution in [0.15, 0.2) is 18.2 Å². The number of nitrogens with two attached hydrogens (primary N) is 1. The monoisotopic (exact) mass is 321 g/mol. The van der Waals surface area contributed by atoms with Gasteiger partial charge in [-0.25, -0.2) is 0 Å². The number of ether oxygens (including phenoxy) is 2. The van der Waals surface area contributed by atoms with Crippen LogP contribution in [0.4, 0.5) is 5.69 Å². The molecular formula is C16H23N3O4. The van der Waals surface area contributed by atoms with E-state index in [0.717, 1.165) is 19.4 Å². The lowest BCUT2D eigenvalue weighted by atomic mass is 9.92. The number of amides is 2. The zero-order valence-electron chi connectivity index (χ0n) is 13.4. The van der Waals surface area contributed by atoms with Gasteiger partial charge in [0.15, 0.2) is 18.1 Å². The van der Waals surface area contributed by atoms with E-state index in [2.05, 4.69) is 17.6 Å². The molecule has 126 valence electrons. The highest BCUT2D eigenvalue weighted by Crippen LogP contribution is 2.30. The van der Waals surface area contributed by atoms with Crippen LogP contribution in [-0.2, 0) is 9.59 Å². The third-order valence-corrected chi connectivity index (χ3v) is 3.80. The lowest BCUT2D eigenvalue weighted by Crippen LogP contribution is -2.40. The molecule has 2 rings (SSSR count). The standard InChI is InChI=1S/C16H23N3O4/c1-10-7-11(5-6-18-10)16(21)19-12-3-4-13(22-2)14(8-12)23-9-15(17)20/h3-4,8,10-11,18H,5-7,9H2,1-2H3,(H2,17,20)(H,19,21)/t10-,11-/m0/s1. The molecule has 0 aromatic heterocycles. The van der Waals surface area contributed by atoms with Gasteiger partial charge < -0.3 is 25.8 Å². The van der Waals surface area contributed by atoms with Gasteiger partial charge in [0.1, 0.15) is 0 Å². The molecule has 1 aliphatic rings. The Morgan fingerprint density at radius 3 is 2.83 bits per heavy atom. The van der Waals surface area contributed by atoms with Gasteiger partial charge in [-0.3, -0.25) is 9.59 Å². The van der Waals surface area contributed by atoms with Crippen molar-refractivity contribution in [1.82, 2.24) is 5.32 Å². The summed E-state index contributed by atoms with van der Waals surface area (Å²) < 4.78 is 10.5. The minimum atomic E-state index is -0.579. The van der Waals surface area contributed by atoms with Gasteiger partial charge in [0.2, 0.25) is 5.91 Å². The number of primary amides is 1. The average Bonchev–Trinajstić information content (AvgIpc) is 2.53. The molecule has 7 heteroatoms. The number of piperidine rings is 1. The number of nitrogens with one attached hydrogen (secondary N) is 2. The first-order chi connectivity index (χ1) is 11.0. The summed E-state index contributed by atoms with van der Waals surface area (Å²) in [6.45, 7) is 2.66. The first kappa shape index (κ1) is 17.1. The van der Waals surface area contributed by atoms with E-state index in [0.29, 0.717) is 23.2 Å². The second-order valence-corrected chi connectivity index (χ2v) is 5.69. The molecule has 1 aromatic rings. The maximum absolute atomic E-state index is 12.4. The third kappa shape index (κ3) is 4.85. The molecule has 1 aromatic carbocycles. The van der Waals surface area contributed by atoms with E-state index < -0.39 is 5.91 Å². The molecule has 1 aliphatic heterocycles. The highest BCUT2D eigenvalue weighted by Gasteiger charge is 2.24. The quantitative estimate of drug-likeness (QED) is 0.722. The van der Waals surface area contributed by atoms with Crippen molar-refractivity contribution in [2.75, 3.05) is 25.6 Å². The minimum absolute atomic E-state index is 0.00984. The van der Waals surface area contributed by atoms with Crippen molar-refractivity contribution in [2.45, 2.75) is 25.8 Å². The van der Waals surface area contributed by atoms with E-state index in [1.807, 2.05) is 0 Å². The number of benzene rings is 1. The zero-order valence-corrected chi connectivity index (χ0v) is 13.4. The number of methoxy groups -OCH3 is 1. The highest BCUT2D eigenvalue weighted by molar-refractivity contribution is 5.93.